The van der Waals surface area contributed by atoms with Crippen molar-refractivity contribution in [1.29, 1.82) is 0 Å². The van der Waals surface area contributed by atoms with Crippen LogP contribution in [0.3, 0.4) is 0 Å². The molecule has 0 aromatic heterocycles. The van der Waals surface area contributed by atoms with E-state index in [0.29, 0.717) is 25.3 Å². The Hall–Kier alpha value is -4.32. The first-order valence-corrected chi connectivity index (χ1v) is 16.7. The molecule has 14 nitrogen and oxygen atoms in total. The lowest BCUT2D eigenvalue weighted by Crippen LogP contribution is -2.44. The second-order valence-corrected chi connectivity index (χ2v) is 12.1. The van der Waals surface area contributed by atoms with Crippen LogP contribution in [0.25, 0.3) is 0 Å². The SMILES string of the molecule is COCC(=O)[C@@H](CCc1ccccc1)NCc1ccc(CCC(=O)CN2CCN(C)CCN(C)CCN(C)CC2)cc1.O=C=O.O=C=O.O=C=O. The van der Waals surface area contributed by atoms with Gasteiger partial charge in [-0.1, -0.05) is 54.6 Å². The number of carbonyl (C=O) groups excluding carboxylic acids is 8. The molecule has 0 aliphatic carbocycles. The van der Waals surface area contributed by atoms with Gasteiger partial charge in [-0.3, -0.25) is 14.5 Å². The van der Waals surface area contributed by atoms with Crippen LogP contribution in [0.1, 0.15) is 29.5 Å². The van der Waals surface area contributed by atoms with E-state index in [1.54, 1.807) is 7.11 Å². The van der Waals surface area contributed by atoms with Gasteiger partial charge in [0.2, 0.25) is 0 Å². The molecule has 1 saturated heterocycles. The first-order valence-electron chi connectivity index (χ1n) is 16.7. The number of Topliss-reactive ketones (excluding diaryl/α,β-unsaturated/α-hetero) is 2. The number of likely N-dealkylation sites (N-methyl/N-ethyl adjacent to an activating group) is 3. The van der Waals surface area contributed by atoms with E-state index in [4.69, 9.17) is 33.5 Å². The molecule has 0 unspecified atom stereocenters. The molecule has 1 atom stereocenters. The number of rotatable bonds is 14. The zero-order valence-electron chi connectivity index (χ0n) is 30.3. The largest absolute Gasteiger partial charge is 0.377 e. The van der Waals surface area contributed by atoms with Crippen molar-refractivity contribution in [2.75, 3.05) is 93.8 Å². The summed E-state index contributed by atoms with van der Waals surface area (Å²) in [4.78, 5) is 83.8. The molecule has 0 amide bonds. The zero-order chi connectivity index (χ0) is 38.3. The summed E-state index contributed by atoms with van der Waals surface area (Å²) in [5.74, 6) is 0.377. The van der Waals surface area contributed by atoms with Crippen LogP contribution in [0.4, 0.5) is 0 Å². The molecule has 2 aromatic carbocycles. The molecular weight excluding hydrogens is 658 g/mol. The summed E-state index contributed by atoms with van der Waals surface area (Å²) in [5, 5.41) is 3.44. The Labute approximate surface area is 301 Å². The molecule has 0 saturated carbocycles. The maximum Gasteiger partial charge on any atom is 0.373 e. The molecular formula is C37H53N5O9. The van der Waals surface area contributed by atoms with Crippen LogP contribution >= 0.6 is 0 Å². The summed E-state index contributed by atoms with van der Waals surface area (Å²) in [7, 11) is 8.10. The van der Waals surface area contributed by atoms with Crippen LogP contribution in [0.5, 0.6) is 0 Å². The van der Waals surface area contributed by atoms with E-state index in [9.17, 15) is 9.59 Å². The minimum Gasteiger partial charge on any atom is -0.377 e. The lowest BCUT2D eigenvalue weighted by atomic mass is 10.0. The maximum atomic E-state index is 13.0. The van der Waals surface area contributed by atoms with E-state index in [0.717, 1.165) is 77.2 Å². The highest BCUT2D eigenvalue weighted by atomic mass is 16.5. The quantitative estimate of drug-likeness (QED) is 0.293. The fourth-order valence-electron chi connectivity index (χ4n) is 5.16. The maximum absolute atomic E-state index is 13.0. The topological polar surface area (TPSA) is 171 Å². The fourth-order valence-corrected chi connectivity index (χ4v) is 5.16. The number of hydrogen-bond donors (Lipinski definition) is 1. The van der Waals surface area contributed by atoms with Gasteiger partial charge in [0.1, 0.15) is 12.4 Å². The minimum atomic E-state index is -0.255. The molecule has 280 valence electrons. The second-order valence-electron chi connectivity index (χ2n) is 12.1. The average Bonchev–Trinajstić information content (AvgIpc) is 3.11. The van der Waals surface area contributed by atoms with Crippen LogP contribution in [0.15, 0.2) is 54.6 Å². The van der Waals surface area contributed by atoms with Gasteiger partial charge in [-0.2, -0.15) is 28.8 Å². The standard InChI is InChI=1S/C34H53N5O3.3CO2/c1-36-18-20-37(2)22-24-39(25-23-38(3)21-19-36)27-32(40)16-14-30-10-12-31(13-11-30)26-35-33(34(41)28-42-4)17-15-29-8-6-5-7-9-29;3*2-1-3/h5-13,33,35H,14-28H2,1-4H3;;;/t33-;;;/m1.../s1. The van der Waals surface area contributed by atoms with E-state index in [2.05, 4.69) is 82.5 Å². The lowest BCUT2D eigenvalue weighted by Gasteiger charge is -2.30. The van der Waals surface area contributed by atoms with Crippen molar-refractivity contribution in [3.63, 3.8) is 0 Å². The monoisotopic (exact) mass is 711 g/mol. The Morgan fingerprint density at radius 2 is 1.10 bits per heavy atom. The Balaban J connectivity index is 0.00000251. The highest BCUT2D eigenvalue weighted by Crippen LogP contribution is 2.11. The molecule has 3 rings (SSSR count). The van der Waals surface area contributed by atoms with Crippen LogP contribution in [0.2, 0.25) is 0 Å². The lowest BCUT2D eigenvalue weighted by molar-refractivity contribution is -0.193. The van der Waals surface area contributed by atoms with Crippen molar-refractivity contribution < 1.29 is 43.1 Å². The summed E-state index contributed by atoms with van der Waals surface area (Å²) in [6.45, 7) is 9.26. The molecule has 14 heteroatoms. The number of ether oxygens (including phenoxy) is 1. The Bertz CT molecular complexity index is 1280. The Morgan fingerprint density at radius 1 is 0.667 bits per heavy atom. The number of nitrogens with zero attached hydrogens (tertiary/aromatic N) is 4. The van der Waals surface area contributed by atoms with Gasteiger partial charge in [0.25, 0.3) is 0 Å². The van der Waals surface area contributed by atoms with Gasteiger partial charge < -0.3 is 24.8 Å². The summed E-state index contributed by atoms with van der Waals surface area (Å²) < 4.78 is 5.12. The van der Waals surface area contributed by atoms with E-state index >= 15 is 0 Å². The van der Waals surface area contributed by atoms with Gasteiger partial charge in [-0.15, -0.1) is 0 Å². The number of aryl methyl sites for hydroxylation is 2. The first-order chi connectivity index (χ1) is 24.6. The van der Waals surface area contributed by atoms with Crippen molar-refractivity contribution in [2.45, 2.75) is 38.3 Å². The molecule has 1 heterocycles. The van der Waals surface area contributed by atoms with E-state index < -0.39 is 0 Å². The van der Waals surface area contributed by atoms with E-state index in [1.165, 1.54) is 11.1 Å². The zero-order valence-corrected chi connectivity index (χ0v) is 30.3. The smallest absolute Gasteiger partial charge is 0.373 e. The molecule has 0 spiro atoms. The second kappa shape index (κ2) is 30.5. The van der Waals surface area contributed by atoms with E-state index in [1.807, 2.05) is 18.2 Å². The molecule has 1 N–H and O–H groups in total. The van der Waals surface area contributed by atoms with Crippen molar-refractivity contribution >= 4 is 30.0 Å². The number of ketones is 2. The number of carbonyl (C=O) groups is 2. The molecule has 0 radical (unpaired) electrons. The van der Waals surface area contributed by atoms with Crippen molar-refractivity contribution in [3.05, 3.63) is 71.3 Å². The Kier molecular flexibility index (Phi) is 27.9. The highest BCUT2D eigenvalue weighted by molar-refractivity contribution is 5.85. The molecule has 1 aliphatic rings. The molecule has 2 aromatic rings. The predicted molar refractivity (Wildman–Crippen MR) is 186 cm³/mol. The predicted octanol–water partition coefficient (Wildman–Crippen LogP) is 0.855. The third kappa shape index (κ3) is 24.5. The summed E-state index contributed by atoms with van der Waals surface area (Å²) >= 11 is 0. The summed E-state index contributed by atoms with van der Waals surface area (Å²) in [6, 6.07) is 18.4. The van der Waals surface area contributed by atoms with Crippen molar-refractivity contribution in [3.8, 4) is 0 Å². The van der Waals surface area contributed by atoms with Crippen LogP contribution in [-0.4, -0.2) is 149 Å². The van der Waals surface area contributed by atoms with Gasteiger partial charge in [0.05, 0.1) is 12.6 Å². The van der Waals surface area contributed by atoms with E-state index in [-0.39, 0.29) is 36.9 Å². The van der Waals surface area contributed by atoms with Gasteiger partial charge in [0.15, 0.2) is 5.78 Å². The van der Waals surface area contributed by atoms with Crippen LogP contribution in [0, 0.1) is 0 Å². The fraction of sp³-hybridized carbons (Fsp3) is 0.541. The number of methoxy groups -OCH3 is 1. The summed E-state index contributed by atoms with van der Waals surface area (Å²) in [6.07, 6.45) is 3.62. The van der Waals surface area contributed by atoms with Gasteiger partial charge >= 0.3 is 18.5 Å². The van der Waals surface area contributed by atoms with Crippen molar-refractivity contribution in [1.82, 2.24) is 24.9 Å². The van der Waals surface area contributed by atoms with Crippen LogP contribution in [-0.2, 0) is 62.5 Å². The summed E-state index contributed by atoms with van der Waals surface area (Å²) in [5.41, 5.74) is 3.52. The van der Waals surface area contributed by atoms with Gasteiger partial charge in [0, 0.05) is 72.4 Å². The Morgan fingerprint density at radius 3 is 1.57 bits per heavy atom. The molecule has 51 heavy (non-hydrogen) atoms. The highest BCUT2D eigenvalue weighted by Gasteiger charge is 2.18. The number of nitrogens with one attached hydrogen (secondary N) is 1. The third-order valence-corrected chi connectivity index (χ3v) is 8.23. The normalized spacial score (nSPS) is 15.1. The molecule has 1 fully saturated rings. The average molecular weight is 712 g/mol. The number of benzene rings is 2. The minimum absolute atomic E-state index is 0.0757. The molecule has 1 aliphatic heterocycles. The van der Waals surface area contributed by atoms with Crippen molar-refractivity contribution in [2.24, 2.45) is 0 Å². The third-order valence-electron chi connectivity index (χ3n) is 8.23. The van der Waals surface area contributed by atoms with Gasteiger partial charge in [-0.25, -0.2) is 0 Å². The van der Waals surface area contributed by atoms with Crippen LogP contribution < -0.4 is 5.32 Å². The molecule has 0 bridgehead atoms. The first kappa shape index (κ1) is 46.7. The van der Waals surface area contributed by atoms with Gasteiger partial charge in [-0.05, 0) is 57.1 Å². The number of hydrogen-bond acceptors (Lipinski definition) is 14.